The van der Waals surface area contributed by atoms with Crippen LogP contribution in [-0.4, -0.2) is 17.9 Å². The molecule has 0 spiro atoms. The van der Waals surface area contributed by atoms with Gasteiger partial charge in [-0.15, -0.1) is 0 Å². The second-order valence-corrected chi connectivity index (χ2v) is 4.41. The van der Waals surface area contributed by atoms with Gasteiger partial charge in [0, 0.05) is 12.3 Å². The Hall–Kier alpha value is -1.91. The summed E-state index contributed by atoms with van der Waals surface area (Å²) in [6.07, 6.45) is 0.0560. The van der Waals surface area contributed by atoms with Crippen molar-refractivity contribution >= 4 is 11.8 Å². The molecule has 5 heteroatoms. The van der Waals surface area contributed by atoms with Gasteiger partial charge in [-0.25, -0.2) is 4.39 Å². The van der Waals surface area contributed by atoms with Gasteiger partial charge in [-0.05, 0) is 11.6 Å². The first-order valence-electron chi connectivity index (χ1n) is 5.75. The number of hydrogen-bond donors (Lipinski definition) is 2. The zero-order valence-electron chi connectivity index (χ0n) is 10.4. The number of carbonyl (C=O) groups is 2. The van der Waals surface area contributed by atoms with E-state index >= 15 is 0 Å². The number of carbonyl (C=O) groups excluding carboxylic acids is 2. The topological polar surface area (TPSA) is 72.2 Å². The highest BCUT2D eigenvalue weighted by molar-refractivity contribution is 5.87. The fourth-order valence-electron chi connectivity index (χ4n) is 1.44. The molecule has 2 amide bonds. The van der Waals surface area contributed by atoms with Crippen molar-refractivity contribution < 1.29 is 14.0 Å². The highest BCUT2D eigenvalue weighted by Gasteiger charge is 2.21. The van der Waals surface area contributed by atoms with E-state index in [2.05, 4.69) is 5.32 Å². The van der Waals surface area contributed by atoms with Crippen LogP contribution < -0.4 is 11.1 Å². The molecule has 4 nitrogen and oxygen atoms in total. The molecule has 1 rings (SSSR count). The molecule has 0 bridgehead atoms. The molecular formula is C13H17FN2O2. The summed E-state index contributed by atoms with van der Waals surface area (Å²) in [7, 11) is 0. The van der Waals surface area contributed by atoms with Gasteiger partial charge in [-0.3, -0.25) is 9.59 Å². The standard InChI is InChI=1S/C13H17FN2O2/c1-8(2)13(18)16-11(12(15)17)7-9-5-3-4-6-10(9)14/h3-6,8,11H,7H2,1-2H3,(H2,15,17)(H,16,18)/t11-/m1/s1. The normalized spacial score (nSPS) is 12.2. The minimum atomic E-state index is -0.892. The van der Waals surface area contributed by atoms with Crippen LogP contribution in [0.25, 0.3) is 0 Å². The van der Waals surface area contributed by atoms with Crippen molar-refractivity contribution in [3.8, 4) is 0 Å². The Morgan fingerprint density at radius 2 is 1.94 bits per heavy atom. The lowest BCUT2D eigenvalue weighted by molar-refractivity contribution is -0.129. The van der Waals surface area contributed by atoms with Crippen molar-refractivity contribution in [2.24, 2.45) is 11.7 Å². The molecule has 1 aromatic rings. The van der Waals surface area contributed by atoms with Crippen LogP contribution in [0.2, 0.25) is 0 Å². The monoisotopic (exact) mass is 252 g/mol. The molecule has 0 fully saturated rings. The van der Waals surface area contributed by atoms with E-state index < -0.39 is 17.8 Å². The highest BCUT2D eigenvalue weighted by Crippen LogP contribution is 2.09. The molecule has 18 heavy (non-hydrogen) atoms. The molecule has 0 aliphatic heterocycles. The Kier molecular flexibility index (Phi) is 4.83. The number of amides is 2. The van der Waals surface area contributed by atoms with E-state index in [4.69, 9.17) is 5.73 Å². The molecule has 0 aliphatic carbocycles. The van der Waals surface area contributed by atoms with Crippen molar-refractivity contribution in [1.82, 2.24) is 5.32 Å². The Morgan fingerprint density at radius 3 is 2.44 bits per heavy atom. The quantitative estimate of drug-likeness (QED) is 0.820. The highest BCUT2D eigenvalue weighted by atomic mass is 19.1. The van der Waals surface area contributed by atoms with E-state index in [9.17, 15) is 14.0 Å². The summed E-state index contributed by atoms with van der Waals surface area (Å²) >= 11 is 0. The summed E-state index contributed by atoms with van der Waals surface area (Å²) in [5.41, 5.74) is 5.56. The zero-order valence-corrected chi connectivity index (χ0v) is 10.4. The lowest BCUT2D eigenvalue weighted by Gasteiger charge is -2.17. The van der Waals surface area contributed by atoms with Crippen LogP contribution in [0.5, 0.6) is 0 Å². The third-order valence-electron chi connectivity index (χ3n) is 2.57. The average Bonchev–Trinajstić information content (AvgIpc) is 2.30. The number of nitrogens with two attached hydrogens (primary N) is 1. The average molecular weight is 252 g/mol. The van der Waals surface area contributed by atoms with Gasteiger partial charge in [-0.2, -0.15) is 0 Å². The molecule has 0 saturated heterocycles. The molecule has 0 aliphatic rings. The number of benzene rings is 1. The van der Waals surface area contributed by atoms with Gasteiger partial charge in [0.05, 0.1) is 0 Å². The van der Waals surface area contributed by atoms with Crippen LogP contribution in [0.3, 0.4) is 0 Å². The first-order chi connectivity index (χ1) is 8.41. The van der Waals surface area contributed by atoms with Crippen LogP contribution in [0.4, 0.5) is 4.39 Å². The van der Waals surface area contributed by atoms with Crippen molar-refractivity contribution in [3.63, 3.8) is 0 Å². The summed E-state index contributed by atoms with van der Waals surface area (Å²) in [6.45, 7) is 3.41. The van der Waals surface area contributed by atoms with E-state index in [0.29, 0.717) is 5.56 Å². The molecule has 0 saturated carbocycles. The lowest BCUT2D eigenvalue weighted by Crippen LogP contribution is -2.47. The van der Waals surface area contributed by atoms with E-state index in [-0.39, 0.29) is 18.2 Å². The molecule has 0 radical (unpaired) electrons. The van der Waals surface area contributed by atoms with Gasteiger partial charge >= 0.3 is 0 Å². The maximum absolute atomic E-state index is 13.4. The minimum absolute atomic E-state index is 0.0560. The molecule has 0 aromatic heterocycles. The molecule has 1 aromatic carbocycles. The molecular weight excluding hydrogens is 235 g/mol. The first kappa shape index (κ1) is 14.2. The zero-order chi connectivity index (χ0) is 13.7. The SMILES string of the molecule is CC(C)C(=O)N[C@H](Cc1ccccc1F)C(N)=O. The summed E-state index contributed by atoms with van der Waals surface area (Å²) in [4.78, 5) is 22.8. The van der Waals surface area contributed by atoms with Crippen molar-refractivity contribution in [2.45, 2.75) is 26.3 Å². The molecule has 1 atom stereocenters. The van der Waals surface area contributed by atoms with Crippen LogP contribution in [0, 0.1) is 11.7 Å². The Bertz CT molecular complexity index is 446. The summed E-state index contributed by atoms with van der Waals surface area (Å²) in [5, 5.41) is 2.51. The molecule has 98 valence electrons. The van der Waals surface area contributed by atoms with Gasteiger partial charge in [0.1, 0.15) is 11.9 Å². The van der Waals surface area contributed by atoms with Crippen LogP contribution in [0.1, 0.15) is 19.4 Å². The van der Waals surface area contributed by atoms with Crippen LogP contribution >= 0.6 is 0 Å². The van der Waals surface area contributed by atoms with Gasteiger partial charge < -0.3 is 11.1 Å². The van der Waals surface area contributed by atoms with Crippen molar-refractivity contribution in [1.29, 1.82) is 0 Å². The summed E-state index contributed by atoms with van der Waals surface area (Å²) in [5.74, 6) is -1.63. The van der Waals surface area contributed by atoms with Gasteiger partial charge in [-0.1, -0.05) is 32.0 Å². The maximum Gasteiger partial charge on any atom is 0.240 e. The first-order valence-corrected chi connectivity index (χ1v) is 5.75. The van der Waals surface area contributed by atoms with Gasteiger partial charge in [0.25, 0.3) is 0 Å². The smallest absolute Gasteiger partial charge is 0.240 e. The van der Waals surface area contributed by atoms with E-state index in [1.807, 2.05) is 0 Å². The van der Waals surface area contributed by atoms with E-state index in [1.165, 1.54) is 6.07 Å². The number of halogens is 1. The molecule has 0 unspecified atom stereocenters. The van der Waals surface area contributed by atoms with Gasteiger partial charge in [0.15, 0.2) is 0 Å². The second kappa shape index (κ2) is 6.14. The largest absolute Gasteiger partial charge is 0.368 e. The van der Waals surface area contributed by atoms with E-state index in [1.54, 1.807) is 32.0 Å². The summed E-state index contributed by atoms with van der Waals surface area (Å²) in [6, 6.07) is 5.20. The fourth-order valence-corrected chi connectivity index (χ4v) is 1.44. The number of hydrogen-bond acceptors (Lipinski definition) is 2. The third kappa shape index (κ3) is 3.84. The predicted octanol–water partition coefficient (Wildman–Crippen LogP) is 0.994. The lowest BCUT2D eigenvalue weighted by atomic mass is 10.0. The van der Waals surface area contributed by atoms with Crippen LogP contribution in [0.15, 0.2) is 24.3 Å². The third-order valence-corrected chi connectivity index (χ3v) is 2.57. The molecule has 3 N–H and O–H groups in total. The summed E-state index contributed by atoms with van der Waals surface area (Å²) < 4.78 is 13.4. The Morgan fingerprint density at radius 1 is 1.33 bits per heavy atom. The second-order valence-electron chi connectivity index (χ2n) is 4.41. The maximum atomic E-state index is 13.4. The van der Waals surface area contributed by atoms with E-state index in [0.717, 1.165) is 0 Å². The minimum Gasteiger partial charge on any atom is -0.368 e. The Balaban J connectivity index is 2.79. The van der Waals surface area contributed by atoms with Crippen molar-refractivity contribution in [2.75, 3.05) is 0 Å². The predicted molar refractivity (Wildman–Crippen MR) is 66.1 cm³/mol. The van der Waals surface area contributed by atoms with Crippen molar-refractivity contribution in [3.05, 3.63) is 35.6 Å². The fraction of sp³-hybridized carbons (Fsp3) is 0.385. The molecule has 0 heterocycles. The number of nitrogens with one attached hydrogen (secondary N) is 1. The van der Waals surface area contributed by atoms with Gasteiger partial charge in [0.2, 0.25) is 11.8 Å². The number of rotatable bonds is 5. The Labute approximate surface area is 105 Å². The number of primary amides is 1. The van der Waals surface area contributed by atoms with Crippen LogP contribution in [-0.2, 0) is 16.0 Å².